The molecular formula is C20H22N4O4S. The molecule has 0 spiro atoms. The highest BCUT2D eigenvalue weighted by Gasteiger charge is 2.31. The Balaban J connectivity index is 1.73. The lowest BCUT2D eigenvalue weighted by Gasteiger charge is -2.17. The van der Waals surface area contributed by atoms with Gasteiger partial charge in [0.05, 0.1) is 10.9 Å². The van der Waals surface area contributed by atoms with Gasteiger partial charge in [-0.3, -0.25) is 19.3 Å². The number of hydrogen-bond acceptors (Lipinski definition) is 5. The number of nitrogens with zero attached hydrogens (tertiary/aromatic N) is 1. The molecule has 1 heterocycles. The third-order valence-electron chi connectivity index (χ3n) is 4.43. The number of sulfonamides is 1. The van der Waals surface area contributed by atoms with Crippen LogP contribution in [0.15, 0.2) is 58.4 Å². The Bertz CT molecular complexity index is 1100. The number of benzene rings is 2. The van der Waals surface area contributed by atoms with Crippen molar-refractivity contribution in [2.45, 2.75) is 37.8 Å². The molecule has 2 amide bonds. The fourth-order valence-corrected chi connectivity index (χ4v) is 4.23. The van der Waals surface area contributed by atoms with E-state index in [0.717, 1.165) is 5.56 Å². The van der Waals surface area contributed by atoms with Crippen LogP contribution in [-0.4, -0.2) is 32.1 Å². The fraction of sp³-hybridized carbons (Fsp3) is 0.250. The second-order valence-electron chi connectivity index (χ2n) is 6.79. The van der Waals surface area contributed by atoms with Crippen molar-refractivity contribution in [1.82, 2.24) is 10.0 Å². The van der Waals surface area contributed by atoms with E-state index in [2.05, 4.69) is 20.3 Å². The summed E-state index contributed by atoms with van der Waals surface area (Å²) in [5.41, 5.74) is 1.90. The summed E-state index contributed by atoms with van der Waals surface area (Å²) in [6.45, 7) is 4.84. The van der Waals surface area contributed by atoms with Crippen molar-refractivity contribution in [3.63, 3.8) is 0 Å². The van der Waals surface area contributed by atoms with Crippen LogP contribution >= 0.6 is 0 Å². The van der Waals surface area contributed by atoms with E-state index in [9.17, 15) is 18.0 Å². The second-order valence-corrected chi connectivity index (χ2v) is 8.44. The number of hydrogen-bond donors (Lipinski definition) is 3. The second kappa shape index (κ2) is 8.04. The first kappa shape index (κ1) is 20.5. The van der Waals surface area contributed by atoms with Crippen molar-refractivity contribution in [2.24, 2.45) is 4.99 Å². The number of amides is 2. The summed E-state index contributed by atoms with van der Waals surface area (Å²) in [4.78, 5) is 28.2. The van der Waals surface area contributed by atoms with E-state index in [1.165, 1.54) is 13.0 Å². The molecule has 0 fully saturated rings. The van der Waals surface area contributed by atoms with Gasteiger partial charge in [-0.15, -0.1) is 0 Å². The molecule has 8 nitrogen and oxygen atoms in total. The van der Waals surface area contributed by atoms with Crippen LogP contribution in [0, 0.1) is 0 Å². The summed E-state index contributed by atoms with van der Waals surface area (Å²) in [7, 11) is -3.65. The van der Waals surface area contributed by atoms with Crippen molar-refractivity contribution >= 4 is 33.4 Å². The van der Waals surface area contributed by atoms with Gasteiger partial charge >= 0.3 is 0 Å². The Morgan fingerprint density at radius 3 is 2.52 bits per heavy atom. The molecule has 2 aromatic rings. The van der Waals surface area contributed by atoms with E-state index in [4.69, 9.17) is 0 Å². The van der Waals surface area contributed by atoms with Gasteiger partial charge in [-0.25, -0.2) is 8.42 Å². The van der Waals surface area contributed by atoms with Gasteiger partial charge in [0.25, 0.3) is 10.0 Å². The minimum atomic E-state index is -3.65. The zero-order valence-electron chi connectivity index (χ0n) is 16.3. The maximum Gasteiger partial charge on any atom is 0.263 e. The SMILES string of the molecule is CC(=O)Nc1cccc(C(C)NC(=O)[C@H](C)N=C2NS(=O)(=O)c3ccccc32)c1. The number of carbonyl (C=O) groups is 2. The Hall–Kier alpha value is -3.20. The molecule has 152 valence electrons. The van der Waals surface area contributed by atoms with Crippen LogP contribution < -0.4 is 15.4 Å². The number of anilines is 1. The minimum absolute atomic E-state index is 0.148. The first-order valence-electron chi connectivity index (χ1n) is 9.05. The highest BCUT2D eigenvalue weighted by atomic mass is 32.2. The van der Waals surface area contributed by atoms with E-state index < -0.39 is 16.1 Å². The summed E-state index contributed by atoms with van der Waals surface area (Å²) >= 11 is 0. The van der Waals surface area contributed by atoms with E-state index in [1.54, 1.807) is 43.3 Å². The first-order valence-corrected chi connectivity index (χ1v) is 10.5. The quantitative estimate of drug-likeness (QED) is 0.693. The van der Waals surface area contributed by atoms with Crippen LogP contribution in [0.2, 0.25) is 0 Å². The molecule has 1 aliphatic heterocycles. The fourth-order valence-electron chi connectivity index (χ4n) is 2.99. The third-order valence-corrected chi connectivity index (χ3v) is 5.83. The van der Waals surface area contributed by atoms with Gasteiger partial charge < -0.3 is 10.6 Å². The molecule has 0 aromatic heterocycles. The number of carbonyl (C=O) groups excluding carboxylic acids is 2. The predicted molar refractivity (Wildman–Crippen MR) is 110 cm³/mol. The molecule has 3 N–H and O–H groups in total. The van der Waals surface area contributed by atoms with Crippen molar-refractivity contribution in [1.29, 1.82) is 0 Å². The molecular weight excluding hydrogens is 392 g/mol. The van der Waals surface area contributed by atoms with Gasteiger partial charge in [0.2, 0.25) is 11.8 Å². The van der Waals surface area contributed by atoms with Crippen molar-refractivity contribution in [3.05, 3.63) is 59.7 Å². The molecule has 3 rings (SSSR count). The Kier molecular flexibility index (Phi) is 5.69. The smallest absolute Gasteiger partial charge is 0.263 e. The molecule has 9 heteroatoms. The lowest BCUT2D eigenvalue weighted by Crippen LogP contribution is -2.35. The number of aliphatic imine (C=N–C) groups is 1. The van der Waals surface area contributed by atoms with Gasteiger partial charge in [0, 0.05) is 18.2 Å². The van der Waals surface area contributed by atoms with E-state index in [1.807, 2.05) is 13.0 Å². The largest absolute Gasteiger partial charge is 0.348 e. The average Bonchev–Trinajstić information content (AvgIpc) is 2.92. The van der Waals surface area contributed by atoms with Crippen LogP contribution in [0.4, 0.5) is 5.69 Å². The summed E-state index contributed by atoms with van der Waals surface area (Å²) in [6.07, 6.45) is 0. The van der Waals surface area contributed by atoms with Crippen molar-refractivity contribution < 1.29 is 18.0 Å². The van der Waals surface area contributed by atoms with Crippen molar-refractivity contribution in [2.75, 3.05) is 5.32 Å². The van der Waals surface area contributed by atoms with Gasteiger partial charge in [0.15, 0.2) is 0 Å². The van der Waals surface area contributed by atoms with Gasteiger partial charge in [-0.1, -0.05) is 24.3 Å². The van der Waals surface area contributed by atoms with Gasteiger partial charge in [-0.2, -0.15) is 0 Å². The van der Waals surface area contributed by atoms with E-state index >= 15 is 0 Å². The predicted octanol–water partition coefficient (Wildman–Crippen LogP) is 1.95. The molecule has 1 aliphatic rings. The number of rotatable bonds is 5. The molecule has 2 aromatic carbocycles. The van der Waals surface area contributed by atoms with Gasteiger partial charge in [-0.05, 0) is 43.7 Å². The standard InChI is InChI=1S/C20H22N4O4S/c1-12(15-7-6-8-16(11-15)23-14(3)25)22-20(26)13(2)21-19-17-9-4-5-10-18(17)29(27,28)24-19/h4-13H,1-3H3,(H,21,24)(H,22,26)(H,23,25)/t12?,13-/m0/s1. The zero-order valence-corrected chi connectivity index (χ0v) is 17.1. The highest BCUT2D eigenvalue weighted by molar-refractivity contribution is 7.90. The zero-order chi connectivity index (χ0) is 21.2. The number of amidine groups is 1. The Morgan fingerprint density at radius 1 is 1.07 bits per heavy atom. The molecule has 0 radical (unpaired) electrons. The van der Waals surface area contributed by atoms with Crippen LogP contribution in [-0.2, 0) is 19.6 Å². The summed E-state index contributed by atoms with van der Waals surface area (Å²) < 4.78 is 26.7. The van der Waals surface area contributed by atoms with Crippen LogP contribution in [0.1, 0.15) is 37.9 Å². The van der Waals surface area contributed by atoms with Crippen molar-refractivity contribution in [3.8, 4) is 0 Å². The molecule has 0 aliphatic carbocycles. The Labute approximate surface area is 169 Å². The number of fused-ring (bicyclic) bond motifs is 1. The van der Waals surface area contributed by atoms with E-state index in [0.29, 0.717) is 11.3 Å². The molecule has 1 unspecified atom stereocenters. The minimum Gasteiger partial charge on any atom is -0.348 e. The van der Waals surface area contributed by atoms with E-state index in [-0.39, 0.29) is 28.6 Å². The topological polar surface area (TPSA) is 117 Å². The van der Waals surface area contributed by atoms with Gasteiger partial charge in [0.1, 0.15) is 11.9 Å². The molecule has 0 saturated heterocycles. The maximum atomic E-state index is 12.6. The summed E-state index contributed by atoms with van der Waals surface area (Å²) in [5, 5.41) is 5.56. The normalized spacial score (nSPS) is 17.7. The lowest BCUT2D eigenvalue weighted by atomic mass is 10.1. The first-order chi connectivity index (χ1) is 13.7. The molecule has 29 heavy (non-hydrogen) atoms. The molecule has 2 atom stereocenters. The van der Waals surface area contributed by atoms with Crippen LogP contribution in [0.25, 0.3) is 0 Å². The third kappa shape index (κ3) is 4.62. The molecule has 0 saturated carbocycles. The Morgan fingerprint density at radius 2 is 1.79 bits per heavy atom. The summed E-state index contributed by atoms with van der Waals surface area (Å²) in [5.74, 6) is -0.371. The monoisotopic (exact) mass is 414 g/mol. The molecule has 0 bridgehead atoms. The average molecular weight is 414 g/mol. The lowest BCUT2D eigenvalue weighted by molar-refractivity contribution is -0.122. The summed E-state index contributed by atoms with van der Waals surface area (Å²) in [6, 6.07) is 12.5. The number of nitrogens with one attached hydrogen (secondary N) is 3. The maximum absolute atomic E-state index is 12.6. The van der Waals surface area contributed by atoms with Crippen LogP contribution in [0.5, 0.6) is 0 Å². The highest BCUT2D eigenvalue weighted by Crippen LogP contribution is 2.23. The van der Waals surface area contributed by atoms with Crippen LogP contribution in [0.3, 0.4) is 0 Å².